The highest BCUT2D eigenvalue weighted by Crippen LogP contribution is 2.37. The minimum Gasteiger partial charge on any atom is -0.291 e. The van der Waals surface area contributed by atoms with Gasteiger partial charge < -0.3 is 0 Å². The van der Waals surface area contributed by atoms with E-state index in [4.69, 9.17) is 11.6 Å². The second-order valence-electron chi connectivity index (χ2n) is 4.38. The number of nitro benzene ring substituents is 1. The van der Waals surface area contributed by atoms with Gasteiger partial charge in [0, 0.05) is 11.6 Å². The maximum Gasteiger partial charge on any atom is 0.288 e. The number of nitrogens with zero attached hydrogens (tertiary/aromatic N) is 2. The molecule has 0 saturated carbocycles. The molecule has 1 aliphatic rings. The summed E-state index contributed by atoms with van der Waals surface area (Å²) in [6.45, 7) is 0. The van der Waals surface area contributed by atoms with Gasteiger partial charge in [-0.3, -0.25) is 15.5 Å². The molecular weight excluding hydrogens is 310 g/mol. The van der Waals surface area contributed by atoms with Gasteiger partial charge in [0.05, 0.1) is 4.92 Å². The molecule has 1 heterocycles. The number of hydrogen-bond acceptors (Lipinski definition) is 5. The fourth-order valence-corrected chi connectivity index (χ4v) is 3.15. The van der Waals surface area contributed by atoms with Gasteiger partial charge in [0.1, 0.15) is 15.4 Å². The van der Waals surface area contributed by atoms with Crippen molar-refractivity contribution >= 4 is 34.1 Å². The molecule has 3 rings (SSSR count). The molecule has 7 heteroatoms. The molecule has 0 bridgehead atoms. The maximum absolute atomic E-state index is 10.9. The summed E-state index contributed by atoms with van der Waals surface area (Å²) in [7, 11) is 0. The summed E-state index contributed by atoms with van der Waals surface area (Å²) in [5.74, 6) is 0. The van der Waals surface area contributed by atoms with Crippen LogP contribution in [0.25, 0.3) is 0 Å². The predicted octanol–water partition coefficient (Wildman–Crippen LogP) is 3.95. The lowest BCUT2D eigenvalue weighted by Gasteiger charge is -2.09. The molecule has 0 spiro atoms. The number of benzene rings is 2. The van der Waals surface area contributed by atoms with Gasteiger partial charge in [-0.2, -0.15) is 5.10 Å². The number of rotatable bonds is 3. The number of halogens is 1. The molecule has 106 valence electrons. The van der Waals surface area contributed by atoms with Crippen molar-refractivity contribution in [1.82, 2.24) is 5.43 Å². The van der Waals surface area contributed by atoms with Crippen LogP contribution < -0.4 is 5.43 Å². The van der Waals surface area contributed by atoms with E-state index in [-0.39, 0.29) is 16.1 Å². The van der Waals surface area contributed by atoms with E-state index in [0.717, 1.165) is 16.2 Å². The first-order chi connectivity index (χ1) is 10.1. The van der Waals surface area contributed by atoms with Gasteiger partial charge in [0.25, 0.3) is 5.69 Å². The van der Waals surface area contributed by atoms with Crippen LogP contribution in [0, 0.1) is 10.1 Å². The second kappa shape index (κ2) is 5.75. The number of nitro groups is 1. The molecule has 0 radical (unpaired) electrons. The fourth-order valence-electron chi connectivity index (χ4n) is 1.97. The van der Waals surface area contributed by atoms with Gasteiger partial charge in [0.2, 0.25) is 0 Å². The Morgan fingerprint density at radius 2 is 2.00 bits per heavy atom. The molecule has 0 aliphatic carbocycles. The third-order valence-corrected chi connectivity index (χ3v) is 4.49. The Hall–Kier alpha value is -2.05. The molecule has 1 atom stereocenters. The zero-order valence-electron chi connectivity index (χ0n) is 10.7. The largest absolute Gasteiger partial charge is 0.291 e. The Morgan fingerprint density at radius 3 is 2.71 bits per heavy atom. The maximum atomic E-state index is 10.9. The number of nitrogens with one attached hydrogen (secondary N) is 1. The van der Waals surface area contributed by atoms with Crippen molar-refractivity contribution in [3.05, 3.63) is 74.8 Å². The molecule has 1 N–H and O–H groups in total. The van der Waals surface area contributed by atoms with Crippen molar-refractivity contribution < 1.29 is 4.92 Å². The molecule has 0 fully saturated rings. The molecule has 5 nitrogen and oxygen atoms in total. The van der Waals surface area contributed by atoms with Crippen molar-refractivity contribution in [1.29, 1.82) is 0 Å². The van der Waals surface area contributed by atoms with Crippen LogP contribution >= 0.6 is 23.4 Å². The van der Waals surface area contributed by atoms with Crippen molar-refractivity contribution in [2.75, 3.05) is 0 Å². The highest BCUT2D eigenvalue weighted by molar-refractivity contribution is 8.14. The van der Waals surface area contributed by atoms with Crippen LogP contribution in [0.2, 0.25) is 5.02 Å². The number of thioether (sulfide) groups is 1. The third-order valence-electron chi connectivity index (χ3n) is 3.00. The summed E-state index contributed by atoms with van der Waals surface area (Å²) in [6.07, 6.45) is 0. The van der Waals surface area contributed by atoms with Crippen LogP contribution in [0.3, 0.4) is 0 Å². The first kappa shape index (κ1) is 13.9. The second-order valence-corrected chi connectivity index (χ2v) is 5.88. The summed E-state index contributed by atoms with van der Waals surface area (Å²) in [5.41, 5.74) is 4.68. The van der Waals surface area contributed by atoms with Gasteiger partial charge in [0.15, 0.2) is 0 Å². The van der Waals surface area contributed by atoms with Crippen LogP contribution in [0.15, 0.2) is 53.6 Å². The van der Waals surface area contributed by atoms with Crippen molar-refractivity contribution in [2.24, 2.45) is 5.10 Å². The van der Waals surface area contributed by atoms with Gasteiger partial charge in [-0.25, -0.2) is 0 Å². The summed E-state index contributed by atoms with van der Waals surface area (Å²) in [5, 5.41) is 16.1. The van der Waals surface area contributed by atoms with E-state index in [1.54, 1.807) is 6.07 Å². The SMILES string of the molecule is O=[N+]([O-])c1cc([C@@H]2NN=C(c3ccccc3)S2)ccc1Cl. The molecule has 2 aromatic rings. The van der Waals surface area contributed by atoms with Crippen LogP contribution in [0.4, 0.5) is 5.69 Å². The topological polar surface area (TPSA) is 67.5 Å². The van der Waals surface area contributed by atoms with E-state index in [1.165, 1.54) is 23.9 Å². The van der Waals surface area contributed by atoms with Crippen molar-refractivity contribution in [2.45, 2.75) is 5.37 Å². The highest BCUT2D eigenvalue weighted by atomic mass is 35.5. The van der Waals surface area contributed by atoms with E-state index in [1.807, 2.05) is 30.3 Å². The first-order valence-corrected chi connectivity index (χ1v) is 7.40. The molecule has 0 amide bonds. The lowest BCUT2D eigenvalue weighted by atomic mass is 10.2. The first-order valence-electron chi connectivity index (χ1n) is 6.14. The zero-order valence-corrected chi connectivity index (χ0v) is 12.3. The average Bonchev–Trinajstić information content (AvgIpc) is 2.98. The van der Waals surface area contributed by atoms with Gasteiger partial charge in [-0.1, -0.05) is 59.8 Å². The Morgan fingerprint density at radius 1 is 1.24 bits per heavy atom. The van der Waals surface area contributed by atoms with Gasteiger partial charge >= 0.3 is 0 Å². The quantitative estimate of drug-likeness (QED) is 0.687. The van der Waals surface area contributed by atoms with E-state index in [9.17, 15) is 10.1 Å². The fraction of sp³-hybridized carbons (Fsp3) is 0.0714. The summed E-state index contributed by atoms with van der Waals surface area (Å²) >= 11 is 7.34. The average molecular weight is 320 g/mol. The molecule has 2 aromatic carbocycles. The monoisotopic (exact) mass is 319 g/mol. The normalized spacial score (nSPS) is 17.2. The summed E-state index contributed by atoms with van der Waals surface area (Å²) < 4.78 is 0. The zero-order chi connectivity index (χ0) is 14.8. The molecule has 0 aromatic heterocycles. The Bertz CT molecular complexity index is 721. The standard InChI is InChI=1S/C14H10ClN3O2S/c15-11-7-6-10(8-12(11)18(19)20)14-17-16-13(21-14)9-4-2-1-3-5-9/h1-8,14,17H/t14-/m1/s1. The summed E-state index contributed by atoms with van der Waals surface area (Å²) in [6, 6.07) is 14.6. The highest BCUT2D eigenvalue weighted by Gasteiger charge is 2.24. The van der Waals surface area contributed by atoms with E-state index in [2.05, 4.69) is 10.5 Å². The number of hydrogen-bond donors (Lipinski definition) is 1. The van der Waals surface area contributed by atoms with Crippen molar-refractivity contribution in [3.8, 4) is 0 Å². The molecule has 1 aliphatic heterocycles. The lowest BCUT2D eigenvalue weighted by molar-refractivity contribution is -0.384. The van der Waals surface area contributed by atoms with Crippen LogP contribution in [0.1, 0.15) is 16.5 Å². The van der Waals surface area contributed by atoms with Crippen molar-refractivity contribution in [3.63, 3.8) is 0 Å². The number of hydrazone groups is 1. The van der Waals surface area contributed by atoms with Crippen LogP contribution in [0.5, 0.6) is 0 Å². The Kier molecular flexibility index (Phi) is 3.81. The smallest absolute Gasteiger partial charge is 0.288 e. The Balaban J connectivity index is 1.82. The summed E-state index contributed by atoms with van der Waals surface area (Å²) in [4.78, 5) is 10.5. The molecule has 21 heavy (non-hydrogen) atoms. The van der Waals surface area contributed by atoms with E-state index in [0.29, 0.717) is 0 Å². The van der Waals surface area contributed by atoms with E-state index < -0.39 is 4.92 Å². The van der Waals surface area contributed by atoms with Gasteiger partial charge in [-0.15, -0.1) is 0 Å². The molecule has 0 unspecified atom stereocenters. The lowest BCUT2D eigenvalue weighted by Crippen LogP contribution is -2.07. The predicted molar refractivity (Wildman–Crippen MR) is 84.6 cm³/mol. The Labute approximate surface area is 130 Å². The van der Waals surface area contributed by atoms with Crippen LogP contribution in [-0.4, -0.2) is 9.97 Å². The molecular formula is C14H10ClN3O2S. The van der Waals surface area contributed by atoms with Crippen LogP contribution in [-0.2, 0) is 0 Å². The minimum atomic E-state index is -0.482. The van der Waals surface area contributed by atoms with Gasteiger partial charge in [-0.05, 0) is 11.6 Å². The minimum absolute atomic E-state index is 0.0928. The van der Waals surface area contributed by atoms with E-state index >= 15 is 0 Å². The molecule has 0 saturated heterocycles. The third kappa shape index (κ3) is 2.86.